The van der Waals surface area contributed by atoms with E-state index in [1.807, 2.05) is 11.8 Å². The number of rotatable bonds is 6. The van der Waals surface area contributed by atoms with E-state index < -0.39 is 0 Å². The summed E-state index contributed by atoms with van der Waals surface area (Å²) in [4.78, 5) is 13.7. The molecular formula is C11H22N2O3. The van der Waals surface area contributed by atoms with E-state index in [0.29, 0.717) is 13.2 Å². The first-order valence-corrected chi connectivity index (χ1v) is 5.72. The van der Waals surface area contributed by atoms with E-state index in [-0.39, 0.29) is 24.2 Å². The second-order valence-electron chi connectivity index (χ2n) is 4.12. The maximum Gasteiger partial charge on any atom is 0.240 e. The molecule has 5 heteroatoms. The second kappa shape index (κ2) is 6.18. The van der Waals surface area contributed by atoms with Gasteiger partial charge in [-0.2, -0.15) is 0 Å². The van der Waals surface area contributed by atoms with Crippen LogP contribution in [0.1, 0.15) is 20.3 Å². The van der Waals surface area contributed by atoms with Gasteiger partial charge >= 0.3 is 0 Å². The van der Waals surface area contributed by atoms with Gasteiger partial charge in [0.15, 0.2) is 0 Å². The summed E-state index contributed by atoms with van der Waals surface area (Å²) in [6.45, 7) is 5.04. The van der Waals surface area contributed by atoms with Gasteiger partial charge in [0.05, 0.1) is 31.5 Å². The Hall–Kier alpha value is -0.650. The predicted octanol–water partition coefficient (Wildman–Crippen LogP) is 0.204. The molecule has 1 aliphatic heterocycles. The zero-order valence-electron chi connectivity index (χ0n) is 10.5. The smallest absolute Gasteiger partial charge is 0.240 e. The first-order chi connectivity index (χ1) is 7.63. The lowest BCUT2D eigenvalue weighted by molar-refractivity contribution is -0.132. The van der Waals surface area contributed by atoms with Crippen molar-refractivity contribution >= 4 is 5.91 Å². The van der Waals surface area contributed by atoms with Crippen LogP contribution in [0.15, 0.2) is 0 Å². The Bertz CT molecular complexity index is 235. The quantitative estimate of drug-likeness (QED) is 0.708. The van der Waals surface area contributed by atoms with E-state index in [9.17, 15) is 4.79 Å². The lowest BCUT2D eigenvalue weighted by Gasteiger charge is -2.27. The molecule has 0 aliphatic carbocycles. The minimum atomic E-state index is -0.0926. The molecule has 0 radical (unpaired) electrons. The molecule has 0 aromatic heterocycles. The van der Waals surface area contributed by atoms with Crippen molar-refractivity contribution in [3.8, 4) is 0 Å². The predicted molar refractivity (Wildman–Crippen MR) is 61.1 cm³/mol. The Morgan fingerprint density at radius 3 is 2.69 bits per heavy atom. The first-order valence-electron chi connectivity index (χ1n) is 5.72. The fourth-order valence-electron chi connectivity index (χ4n) is 2.01. The average molecular weight is 230 g/mol. The number of hydrogen-bond acceptors (Lipinski definition) is 4. The van der Waals surface area contributed by atoms with Crippen LogP contribution in [0, 0.1) is 0 Å². The highest BCUT2D eigenvalue weighted by Gasteiger charge is 2.36. The van der Waals surface area contributed by atoms with Gasteiger partial charge in [-0.3, -0.25) is 10.1 Å². The third-order valence-corrected chi connectivity index (χ3v) is 2.95. The van der Waals surface area contributed by atoms with E-state index in [1.165, 1.54) is 0 Å². The van der Waals surface area contributed by atoms with Crippen LogP contribution >= 0.6 is 0 Å². The van der Waals surface area contributed by atoms with Gasteiger partial charge in [0.1, 0.15) is 0 Å². The van der Waals surface area contributed by atoms with Crippen molar-refractivity contribution in [1.82, 2.24) is 10.2 Å². The largest absolute Gasteiger partial charge is 0.382 e. The topological polar surface area (TPSA) is 50.8 Å². The van der Waals surface area contributed by atoms with Crippen LogP contribution in [-0.2, 0) is 14.3 Å². The Labute approximate surface area is 97.1 Å². The number of nitrogens with zero attached hydrogens (tertiary/aromatic N) is 1. The van der Waals surface area contributed by atoms with Crippen molar-refractivity contribution in [1.29, 1.82) is 0 Å². The molecule has 1 saturated heterocycles. The number of hydrogen-bond donors (Lipinski definition) is 1. The van der Waals surface area contributed by atoms with Gasteiger partial charge in [0, 0.05) is 14.2 Å². The van der Waals surface area contributed by atoms with Crippen LogP contribution < -0.4 is 5.32 Å². The van der Waals surface area contributed by atoms with Crippen LogP contribution in [0.2, 0.25) is 0 Å². The van der Waals surface area contributed by atoms with Crippen molar-refractivity contribution in [3.05, 3.63) is 0 Å². The van der Waals surface area contributed by atoms with E-state index in [0.717, 1.165) is 6.42 Å². The highest BCUT2D eigenvalue weighted by atomic mass is 16.5. The molecule has 1 heterocycles. The molecule has 1 fully saturated rings. The van der Waals surface area contributed by atoms with E-state index >= 15 is 0 Å². The zero-order chi connectivity index (χ0) is 12.1. The van der Waals surface area contributed by atoms with Crippen LogP contribution in [0.5, 0.6) is 0 Å². The normalized spacial score (nSPS) is 27.5. The molecule has 1 amide bonds. The number of carbonyl (C=O) groups is 1. The van der Waals surface area contributed by atoms with E-state index in [1.54, 1.807) is 14.2 Å². The van der Waals surface area contributed by atoms with Crippen LogP contribution in [0.3, 0.4) is 0 Å². The Kier molecular flexibility index (Phi) is 5.18. The summed E-state index contributed by atoms with van der Waals surface area (Å²) in [5.41, 5.74) is 0. The molecule has 0 bridgehead atoms. The Morgan fingerprint density at radius 2 is 2.19 bits per heavy atom. The highest BCUT2D eigenvalue weighted by molar-refractivity contribution is 5.83. The summed E-state index contributed by atoms with van der Waals surface area (Å²) >= 11 is 0. The van der Waals surface area contributed by atoms with Gasteiger partial charge < -0.3 is 14.4 Å². The van der Waals surface area contributed by atoms with Crippen molar-refractivity contribution < 1.29 is 14.3 Å². The van der Waals surface area contributed by atoms with Gasteiger partial charge in [-0.15, -0.1) is 0 Å². The van der Waals surface area contributed by atoms with Gasteiger partial charge in [0.2, 0.25) is 5.91 Å². The number of ether oxygens (including phenoxy) is 2. The van der Waals surface area contributed by atoms with Gasteiger partial charge in [0.25, 0.3) is 0 Å². The van der Waals surface area contributed by atoms with Crippen LogP contribution in [0.25, 0.3) is 0 Å². The van der Waals surface area contributed by atoms with Crippen LogP contribution in [-0.4, -0.2) is 56.5 Å². The molecule has 0 aromatic rings. The molecule has 1 N–H and O–H groups in total. The summed E-state index contributed by atoms with van der Waals surface area (Å²) in [6, 6.07) is -0.0926. The van der Waals surface area contributed by atoms with Crippen molar-refractivity contribution in [3.63, 3.8) is 0 Å². The lowest BCUT2D eigenvalue weighted by atomic mass is 10.3. The average Bonchev–Trinajstić information content (AvgIpc) is 2.55. The summed E-state index contributed by atoms with van der Waals surface area (Å²) in [5, 5.41) is 3.25. The fourth-order valence-corrected chi connectivity index (χ4v) is 2.01. The number of carbonyl (C=O) groups excluding carboxylic acids is 1. The minimum Gasteiger partial charge on any atom is -0.382 e. The number of amides is 1. The first kappa shape index (κ1) is 13.4. The zero-order valence-corrected chi connectivity index (χ0v) is 10.5. The molecule has 5 nitrogen and oxygen atoms in total. The summed E-state index contributed by atoms with van der Waals surface area (Å²) in [7, 11) is 3.28. The molecule has 3 atom stereocenters. The molecule has 94 valence electrons. The fraction of sp³-hybridized carbons (Fsp3) is 0.909. The second-order valence-corrected chi connectivity index (χ2v) is 4.12. The summed E-state index contributed by atoms with van der Waals surface area (Å²) in [6.07, 6.45) is 0.964. The summed E-state index contributed by atoms with van der Waals surface area (Å²) in [5.74, 6) is 0.144. The van der Waals surface area contributed by atoms with Crippen molar-refractivity contribution in [2.24, 2.45) is 0 Å². The van der Waals surface area contributed by atoms with Gasteiger partial charge in [-0.25, -0.2) is 0 Å². The third-order valence-electron chi connectivity index (χ3n) is 2.95. The molecule has 1 rings (SSSR count). The molecule has 0 spiro atoms. The molecule has 3 unspecified atom stereocenters. The SMILES string of the molecule is CCC1NC(C)C(=O)N1CC(COC)OC. The van der Waals surface area contributed by atoms with Gasteiger partial charge in [-0.05, 0) is 13.3 Å². The maximum atomic E-state index is 11.9. The highest BCUT2D eigenvalue weighted by Crippen LogP contribution is 2.14. The lowest BCUT2D eigenvalue weighted by Crippen LogP contribution is -2.43. The van der Waals surface area contributed by atoms with Gasteiger partial charge in [-0.1, -0.05) is 6.92 Å². The monoisotopic (exact) mass is 230 g/mol. The summed E-state index contributed by atoms with van der Waals surface area (Å²) < 4.78 is 10.3. The molecule has 1 aliphatic rings. The maximum absolute atomic E-state index is 11.9. The number of methoxy groups -OCH3 is 2. The standard InChI is InChI=1S/C11H22N2O3/c1-5-10-12-8(2)11(14)13(10)6-9(16-4)7-15-3/h8-10,12H,5-7H2,1-4H3. The Balaban J connectivity index is 2.59. The third kappa shape index (κ3) is 2.93. The molecule has 0 saturated carbocycles. The van der Waals surface area contributed by atoms with Crippen molar-refractivity contribution in [2.75, 3.05) is 27.4 Å². The van der Waals surface area contributed by atoms with E-state index in [2.05, 4.69) is 12.2 Å². The molecular weight excluding hydrogens is 208 g/mol. The minimum absolute atomic E-state index is 0.0601. The van der Waals surface area contributed by atoms with Crippen molar-refractivity contribution in [2.45, 2.75) is 38.6 Å². The number of nitrogens with one attached hydrogen (secondary N) is 1. The molecule has 16 heavy (non-hydrogen) atoms. The van der Waals surface area contributed by atoms with Crippen LogP contribution in [0.4, 0.5) is 0 Å². The van der Waals surface area contributed by atoms with E-state index in [4.69, 9.17) is 9.47 Å². The molecule has 0 aromatic carbocycles. The Morgan fingerprint density at radius 1 is 1.50 bits per heavy atom.